The second kappa shape index (κ2) is 13.7. The summed E-state index contributed by atoms with van der Waals surface area (Å²) in [6, 6.07) is 21.9. The fourth-order valence-electron chi connectivity index (χ4n) is 4.78. The summed E-state index contributed by atoms with van der Waals surface area (Å²) in [5, 5.41) is 3.01. The predicted molar refractivity (Wildman–Crippen MR) is 153 cm³/mol. The average molecular weight is 514 g/mol. The predicted octanol–water partition coefficient (Wildman–Crippen LogP) is 6.66. The lowest BCUT2D eigenvalue weighted by atomic mass is 10.1. The van der Waals surface area contributed by atoms with Crippen LogP contribution in [0.4, 0.5) is 0 Å². The minimum atomic E-state index is -0.0454. The third-order valence-electron chi connectivity index (χ3n) is 6.69. The van der Waals surface area contributed by atoms with Gasteiger partial charge in [0.05, 0.1) is 24.8 Å². The summed E-state index contributed by atoms with van der Waals surface area (Å²) < 4.78 is 13.5. The molecule has 0 bridgehead atoms. The zero-order valence-electron chi connectivity index (χ0n) is 22.8. The van der Waals surface area contributed by atoms with Crippen LogP contribution in [0, 0.1) is 13.8 Å². The summed E-state index contributed by atoms with van der Waals surface area (Å²) in [7, 11) is 1.62. The SMILES string of the molecule is COc1ccc(C(=O)NCCCCCc2nc3ccccc3n2CCCCOc2cc(C)cc(C)c2)cc1. The molecule has 0 saturated heterocycles. The summed E-state index contributed by atoms with van der Waals surface area (Å²) in [5.74, 6) is 2.80. The van der Waals surface area contributed by atoms with E-state index in [1.54, 1.807) is 31.4 Å². The lowest BCUT2D eigenvalue weighted by Gasteiger charge is -2.11. The molecule has 6 nitrogen and oxygen atoms in total. The summed E-state index contributed by atoms with van der Waals surface area (Å²) in [5.41, 5.74) is 5.37. The number of carbonyl (C=O) groups excluding carboxylic acids is 1. The van der Waals surface area contributed by atoms with E-state index in [1.165, 1.54) is 16.6 Å². The lowest BCUT2D eigenvalue weighted by molar-refractivity contribution is 0.0953. The number of nitrogens with one attached hydrogen (secondary N) is 1. The molecule has 0 atom stereocenters. The lowest BCUT2D eigenvalue weighted by Crippen LogP contribution is -2.24. The molecule has 0 spiro atoms. The molecule has 1 aromatic heterocycles. The molecule has 1 heterocycles. The Kier molecular flexibility index (Phi) is 9.79. The summed E-state index contributed by atoms with van der Waals surface area (Å²) in [4.78, 5) is 17.3. The number of aryl methyl sites for hydroxylation is 4. The molecule has 0 aliphatic carbocycles. The molecule has 3 aromatic carbocycles. The minimum Gasteiger partial charge on any atom is -0.497 e. The quantitative estimate of drug-likeness (QED) is 0.191. The maximum absolute atomic E-state index is 12.3. The Morgan fingerprint density at radius 2 is 1.63 bits per heavy atom. The summed E-state index contributed by atoms with van der Waals surface area (Å²) >= 11 is 0. The summed E-state index contributed by atoms with van der Waals surface area (Å²) in [6.07, 6.45) is 5.98. The Balaban J connectivity index is 1.21. The van der Waals surface area contributed by atoms with Crippen LogP contribution in [0.2, 0.25) is 0 Å². The fourth-order valence-corrected chi connectivity index (χ4v) is 4.78. The molecule has 0 aliphatic rings. The zero-order valence-corrected chi connectivity index (χ0v) is 22.8. The van der Waals surface area contributed by atoms with E-state index < -0.39 is 0 Å². The topological polar surface area (TPSA) is 65.4 Å². The molecule has 200 valence electrons. The van der Waals surface area contributed by atoms with E-state index in [9.17, 15) is 4.79 Å². The highest BCUT2D eigenvalue weighted by Crippen LogP contribution is 2.20. The van der Waals surface area contributed by atoms with E-state index in [0.717, 1.165) is 67.9 Å². The number of methoxy groups -OCH3 is 1. The number of imidazole rings is 1. The number of para-hydroxylation sites is 2. The third kappa shape index (κ3) is 7.60. The van der Waals surface area contributed by atoms with E-state index in [4.69, 9.17) is 14.5 Å². The van der Waals surface area contributed by atoms with Gasteiger partial charge in [0.25, 0.3) is 5.91 Å². The number of hydrogen-bond donors (Lipinski definition) is 1. The van der Waals surface area contributed by atoms with Gasteiger partial charge in [-0.2, -0.15) is 0 Å². The van der Waals surface area contributed by atoms with Crippen LogP contribution >= 0.6 is 0 Å². The van der Waals surface area contributed by atoms with Crippen LogP contribution in [-0.4, -0.2) is 35.7 Å². The second-order valence-corrected chi connectivity index (χ2v) is 9.84. The third-order valence-corrected chi connectivity index (χ3v) is 6.69. The fraction of sp³-hybridized carbons (Fsp3) is 0.375. The van der Waals surface area contributed by atoms with Crippen molar-refractivity contribution in [3.05, 3.63) is 89.2 Å². The van der Waals surface area contributed by atoms with Gasteiger partial charge in [-0.1, -0.05) is 24.6 Å². The molecule has 6 heteroatoms. The van der Waals surface area contributed by atoms with Gasteiger partial charge in [-0.3, -0.25) is 4.79 Å². The van der Waals surface area contributed by atoms with Crippen molar-refractivity contribution in [2.24, 2.45) is 0 Å². The largest absolute Gasteiger partial charge is 0.497 e. The number of amides is 1. The van der Waals surface area contributed by atoms with E-state index in [2.05, 4.69) is 60.1 Å². The van der Waals surface area contributed by atoms with Gasteiger partial charge in [-0.15, -0.1) is 0 Å². The number of nitrogens with zero attached hydrogens (tertiary/aromatic N) is 2. The van der Waals surface area contributed by atoms with Gasteiger partial charge >= 0.3 is 0 Å². The number of aromatic nitrogens is 2. The average Bonchev–Trinajstić information content (AvgIpc) is 3.27. The first-order valence-electron chi connectivity index (χ1n) is 13.6. The van der Waals surface area contributed by atoms with Crippen LogP contribution in [-0.2, 0) is 13.0 Å². The maximum Gasteiger partial charge on any atom is 0.251 e. The first-order valence-corrected chi connectivity index (χ1v) is 13.6. The zero-order chi connectivity index (χ0) is 26.7. The first kappa shape index (κ1) is 27.2. The van der Waals surface area contributed by atoms with Crippen LogP contribution in [0.5, 0.6) is 11.5 Å². The molecular weight excluding hydrogens is 474 g/mol. The Bertz CT molecular complexity index is 1310. The Morgan fingerprint density at radius 1 is 0.868 bits per heavy atom. The highest BCUT2D eigenvalue weighted by molar-refractivity contribution is 5.94. The van der Waals surface area contributed by atoms with Crippen LogP contribution in [0.1, 0.15) is 59.4 Å². The van der Waals surface area contributed by atoms with Gasteiger partial charge in [0, 0.05) is 25.1 Å². The first-order chi connectivity index (χ1) is 18.5. The Morgan fingerprint density at radius 3 is 2.39 bits per heavy atom. The van der Waals surface area contributed by atoms with Gasteiger partial charge < -0.3 is 19.4 Å². The van der Waals surface area contributed by atoms with Crippen LogP contribution in [0.25, 0.3) is 11.0 Å². The Hall–Kier alpha value is -3.80. The van der Waals surface area contributed by atoms with Crippen LogP contribution in [0.15, 0.2) is 66.7 Å². The molecule has 4 rings (SSSR count). The number of unbranched alkanes of at least 4 members (excludes halogenated alkanes) is 3. The van der Waals surface area contributed by atoms with E-state index in [0.29, 0.717) is 18.7 Å². The van der Waals surface area contributed by atoms with Gasteiger partial charge in [-0.05, 0) is 99.2 Å². The number of fused-ring (bicyclic) bond motifs is 1. The van der Waals surface area contributed by atoms with Crippen molar-refractivity contribution >= 4 is 16.9 Å². The van der Waals surface area contributed by atoms with Crippen LogP contribution in [0.3, 0.4) is 0 Å². The van der Waals surface area contributed by atoms with Crippen molar-refractivity contribution in [3.63, 3.8) is 0 Å². The van der Waals surface area contributed by atoms with Crippen molar-refractivity contribution in [2.75, 3.05) is 20.3 Å². The van der Waals surface area contributed by atoms with E-state index in [-0.39, 0.29) is 5.91 Å². The molecule has 38 heavy (non-hydrogen) atoms. The van der Waals surface area contributed by atoms with Crippen LogP contribution < -0.4 is 14.8 Å². The highest BCUT2D eigenvalue weighted by Gasteiger charge is 2.10. The van der Waals surface area contributed by atoms with Crippen molar-refractivity contribution < 1.29 is 14.3 Å². The van der Waals surface area contributed by atoms with E-state index >= 15 is 0 Å². The normalized spacial score (nSPS) is 11.0. The monoisotopic (exact) mass is 513 g/mol. The molecule has 0 aliphatic heterocycles. The van der Waals surface area contributed by atoms with Crippen molar-refractivity contribution in [1.29, 1.82) is 0 Å². The van der Waals surface area contributed by atoms with Gasteiger partial charge in [0.15, 0.2) is 0 Å². The number of carbonyl (C=O) groups is 1. The number of hydrogen-bond acceptors (Lipinski definition) is 4. The molecule has 1 amide bonds. The highest BCUT2D eigenvalue weighted by atomic mass is 16.5. The minimum absolute atomic E-state index is 0.0454. The standard InChI is InChI=1S/C32H39N3O3/c1-24-21-25(2)23-28(22-24)38-20-10-9-19-35-30-12-7-6-11-29(30)34-31(35)13-5-4-8-18-33-32(36)26-14-16-27(37-3)17-15-26/h6-7,11-12,14-17,21-23H,4-5,8-10,13,18-20H2,1-3H3,(H,33,36). The van der Waals surface area contributed by atoms with Gasteiger partial charge in [0.1, 0.15) is 17.3 Å². The molecule has 0 fully saturated rings. The number of rotatable bonds is 14. The number of benzene rings is 3. The van der Waals surface area contributed by atoms with Gasteiger partial charge in [-0.25, -0.2) is 4.98 Å². The second-order valence-electron chi connectivity index (χ2n) is 9.84. The molecular formula is C32H39N3O3. The van der Waals surface area contributed by atoms with Gasteiger partial charge in [0.2, 0.25) is 0 Å². The molecule has 0 saturated carbocycles. The van der Waals surface area contributed by atoms with Crippen molar-refractivity contribution in [1.82, 2.24) is 14.9 Å². The summed E-state index contributed by atoms with van der Waals surface area (Å²) in [6.45, 7) is 6.52. The molecule has 4 aromatic rings. The molecule has 0 radical (unpaired) electrons. The molecule has 1 N–H and O–H groups in total. The Labute approximate surface area is 226 Å². The number of ether oxygens (including phenoxy) is 2. The van der Waals surface area contributed by atoms with Crippen molar-refractivity contribution in [3.8, 4) is 11.5 Å². The smallest absolute Gasteiger partial charge is 0.251 e. The molecule has 0 unspecified atom stereocenters. The maximum atomic E-state index is 12.3. The van der Waals surface area contributed by atoms with E-state index in [1.807, 2.05) is 6.07 Å². The van der Waals surface area contributed by atoms with Crippen molar-refractivity contribution in [2.45, 2.75) is 58.9 Å².